The Labute approximate surface area is 144 Å². The van der Waals surface area contributed by atoms with E-state index < -0.39 is 0 Å². The van der Waals surface area contributed by atoms with Gasteiger partial charge in [-0.25, -0.2) is 0 Å². The van der Waals surface area contributed by atoms with Gasteiger partial charge in [-0.2, -0.15) is 0 Å². The number of hydrogen-bond acceptors (Lipinski definition) is 3. The molecule has 0 aliphatic heterocycles. The molecule has 0 radical (unpaired) electrons. The van der Waals surface area contributed by atoms with Crippen LogP contribution in [0.15, 0.2) is 65.1 Å². The average Bonchev–Trinajstić information content (AvgIpc) is 3.05. The molecule has 0 bridgehead atoms. The first-order chi connectivity index (χ1) is 12.3. The van der Waals surface area contributed by atoms with Crippen molar-refractivity contribution in [3.63, 3.8) is 0 Å². The summed E-state index contributed by atoms with van der Waals surface area (Å²) in [6.45, 7) is 0. The zero-order chi connectivity index (χ0) is 17.0. The Kier molecular flexibility index (Phi) is 2.92. The van der Waals surface area contributed by atoms with E-state index >= 15 is 0 Å². The fraction of sp³-hybridized carbons (Fsp3) is 0.0909. The summed E-state index contributed by atoms with van der Waals surface area (Å²) in [6, 6.07) is 20.4. The fourth-order valence-corrected chi connectivity index (χ4v) is 3.69. The molecule has 122 valence electrons. The van der Waals surface area contributed by atoms with Crippen LogP contribution in [0.4, 0.5) is 0 Å². The molecule has 1 heterocycles. The van der Waals surface area contributed by atoms with Gasteiger partial charge in [0.1, 0.15) is 22.7 Å². The Hall–Kier alpha value is -3.20. The van der Waals surface area contributed by atoms with Crippen LogP contribution < -0.4 is 9.47 Å². The molecule has 0 saturated heterocycles. The molecule has 0 N–H and O–H groups in total. The molecule has 0 aliphatic carbocycles. The van der Waals surface area contributed by atoms with Gasteiger partial charge in [0, 0.05) is 32.3 Å². The Bertz CT molecular complexity index is 1170. The van der Waals surface area contributed by atoms with Gasteiger partial charge in [-0.15, -0.1) is 0 Å². The third-order valence-electron chi connectivity index (χ3n) is 4.85. The Morgan fingerprint density at radius 1 is 0.560 bits per heavy atom. The van der Waals surface area contributed by atoms with Crippen LogP contribution in [0.2, 0.25) is 0 Å². The minimum absolute atomic E-state index is 0.845. The van der Waals surface area contributed by atoms with Crippen molar-refractivity contribution in [1.82, 2.24) is 0 Å². The lowest BCUT2D eigenvalue weighted by Gasteiger charge is -2.06. The van der Waals surface area contributed by atoms with Crippen LogP contribution in [0, 0.1) is 0 Å². The first-order valence-electron chi connectivity index (χ1n) is 8.19. The second-order valence-electron chi connectivity index (χ2n) is 6.10. The van der Waals surface area contributed by atoms with Crippen LogP contribution >= 0.6 is 0 Å². The topological polar surface area (TPSA) is 31.6 Å². The minimum Gasteiger partial charge on any atom is -0.496 e. The second-order valence-corrected chi connectivity index (χ2v) is 6.10. The van der Waals surface area contributed by atoms with E-state index in [9.17, 15) is 0 Å². The number of fused-ring (bicyclic) bond motifs is 7. The molecule has 3 heteroatoms. The van der Waals surface area contributed by atoms with Crippen molar-refractivity contribution < 1.29 is 13.9 Å². The zero-order valence-electron chi connectivity index (χ0n) is 14.0. The van der Waals surface area contributed by atoms with Gasteiger partial charge in [0.15, 0.2) is 0 Å². The highest BCUT2D eigenvalue weighted by Gasteiger charge is 2.17. The zero-order valence-corrected chi connectivity index (χ0v) is 14.0. The van der Waals surface area contributed by atoms with Crippen LogP contribution in [0.25, 0.3) is 43.5 Å². The van der Waals surface area contributed by atoms with Crippen LogP contribution in [-0.2, 0) is 0 Å². The number of methoxy groups -OCH3 is 2. The van der Waals surface area contributed by atoms with Gasteiger partial charge in [-0.1, -0.05) is 48.5 Å². The number of rotatable bonds is 2. The van der Waals surface area contributed by atoms with E-state index in [-0.39, 0.29) is 0 Å². The average molecular weight is 328 g/mol. The van der Waals surface area contributed by atoms with Crippen LogP contribution in [0.3, 0.4) is 0 Å². The van der Waals surface area contributed by atoms with E-state index in [1.54, 1.807) is 14.2 Å². The summed E-state index contributed by atoms with van der Waals surface area (Å²) in [6.07, 6.45) is 0. The van der Waals surface area contributed by atoms with Crippen molar-refractivity contribution in [2.45, 2.75) is 0 Å². The smallest absolute Gasteiger partial charge is 0.143 e. The molecule has 0 amide bonds. The third kappa shape index (κ3) is 1.86. The van der Waals surface area contributed by atoms with Gasteiger partial charge in [0.05, 0.1) is 14.2 Å². The number of ether oxygens (including phenoxy) is 2. The maximum atomic E-state index is 6.37. The molecule has 5 rings (SSSR count). The van der Waals surface area contributed by atoms with Crippen LogP contribution in [0.1, 0.15) is 0 Å². The summed E-state index contributed by atoms with van der Waals surface area (Å²) in [5, 5.41) is 6.28. The van der Waals surface area contributed by atoms with Gasteiger partial charge in [-0.05, 0) is 12.1 Å². The summed E-state index contributed by atoms with van der Waals surface area (Å²) in [7, 11) is 3.40. The van der Waals surface area contributed by atoms with Crippen molar-refractivity contribution in [2.75, 3.05) is 14.2 Å². The highest BCUT2D eigenvalue weighted by molar-refractivity contribution is 6.22. The van der Waals surface area contributed by atoms with Crippen molar-refractivity contribution in [2.24, 2.45) is 0 Å². The Morgan fingerprint density at radius 3 is 1.36 bits per heavy atom. The summed E-state index contributed by atoms with van der Waals surface area (Å²) in [4.78, 5) is 0. The molecule has 0 fully saturated rings. The van der Waals surface area contributed by atoms with Crippen molar-refractivity contribution >= 4 is 43.5 Å². The number of furan rings is 1. The van der Waals surface area contributed by atoms with Gasteiger partial charge in [0.2, 0.25) is 0 Å². The van der Waals surface area contributed by atoms with Crippen molar-refractivity contribution in [1.29, 1.82) is 0 Å². The molecule has 25 heavy (non-hydrogen) atoms. The first-order valence-corrected chi connectivity index (χ1v) is 8.19. The maximum Gasteiger partial charge on any atom is 0.143 e. The molecular formula is C22H16O3. The monoisotopic (exact) mass is 328 g/mol. The lowest BCUT2D eigenvalue weighted by molar-refractivity contribution is 0.420. The predicted octanol–water partition coefficient (Wildman–Crippen LogP) is 5.91. The highest BCUT2D eigenvalue weighted by Crippen LogP contribution is 2.43. The van der Waals surface area contributed by atoms with Crippen LogP contribution in [0.5, 0.6) is 11.5 Å². The standard InChI is InChI=1S/C22H16O3/c1-23-19-11-17-18-12-20(24-2)14-8-4-6-10-16(14)22(18)25-21(17)15-9-5-3-7-13(15)19/h3-12H,1-2H3. The molecule has 0 atom stereocenters. The van der Waals surface area contributed by atoms with Gasteiger partial charge in [-0.3, -0.25) is 0 Å². The summed E-state index contributed by atoms with van der Waals surface area (Å²) >= 11 is 0. The number of hydrogen-bond donors (Lipinski definition) is 0. The van der Waals surface area contributed by atoms with E-state index in [2.05, 4.69) is 36.4 Å². The third-order valence-corrected chi connectivity index (χ3v) is 4.85. The largest absolute Gasteiger partial charge is 0.496 e. The SMILES string of the molecule is COc1cc2c3cc(OC)c4ccccc4c3oc2c2ccccc12. The normalized spacial score (nSPS) is 11.6. The molecule has 0 unspecified atom stereocenters. The summed E-state index contributed by atoms with van der Waals surface area (Å²) in [5.41, 5.74) is 1.76. The molecule has 0 saturated carbocycles. The van der Waals surface area contributed by atoms with Gasteiger partial charge < -0.3 is 13.9 Å². The first kappa shape index (κ1) is 14.2. The molecule has 3 nitrogen and oxygen atoms in total. The van der Waals surface area contributed by atoms with E-state index in [1.165, 1.54) is 0 Å². The van der Waals surface area contributed by atoms with E-state index in [0.29, 0.717) is 0 Å². The van der Waals surface area contributed by atoms with E-state index in [4.69, 9.17) is 13.9 Å². The quantitative estimate of drug-likeness (QED) is 0.404. The van der Waals surface area contributed by atoms with E-state index in [1.807, 2.05) is 24.3 Å². The minimum atomic E-state index is 0.845. The Balaban J connectivity index is 2.07. The molecular weight excluding hydrogens is 312 g/mol. The highest BCUT2D eigenvalue weighted by atomic mass is 16.5. The molecule has 4 aromatic carbocycles. The summed E-state index contributed by atoms with van der Waals surface area (Å²) in [5.74, 6) is 1.69. The lowest BCUT2D eigenvalue weighted by Crippen LogP contribution is -1.86. The van der Waals surface area contributed by atoms with Gasteiger partial charge in [0.25, 0.3) is 0 Å². The molecule has 5 aromatic rings. The molecule has 1 aromatic heterocycles. The lowest BCUT2D eigenvalue weighted by atomic mass is 10.0. The Morgan fingerprint density at radius 2 is 0.960 bits per heavy atom. The van der Waals surface area contributed by atoms with Crippen molar-refractivity contribution in [3.05, 3.63) is 60.7 Å². The van der Waals surface area contributed by atoms with Crippen LogP contribution in [-0.4, -0.2) is 14.2 Å². The second kappa shape index (κ2) is 5.15. The predicted molar refractivity (Wildman–Crippen MR) is 102 cm³/mol. The van der Waals surface area contributed by atoms with E-state index in [0.717, 1.165) is 55.0 Å². The number of benzene rings is 4. The fourth-order valence-electron chi connectivity index (χ4n) is 3.69. The van der Waals surface area contributed by atoms with Gasteiger partial charge >= 0.3 is 0 Å². The molecule has 0 aliphatic rings. The van der Waals surface area contributed by atoms with Crippen molar-refractivity contribution in [3.8, 4) is 11.5 Å². The molecule has 0 spiro atoms. The summed E-state index contributed by atoms with van der Waals surface area (Å²) < 4.78 is 17.6. The maximum absolute atomic E-state index is 6.37.